The predicted octanol–water partition coefficient (Wildman–Crippen LogP) is -0.0412. The third kappa shape index (κ3) is 4.04. The molecule has 0 aliphatic heterocycles. The van der Waals surface area contributed by atoms with Gasteiger partial charge in [-0.25, -0.2) is 4.98 Å². The van der Waals surface area contributed by atoms with E-state index in [9.17, 15) is 18.0 Å². The Bertz CT molecular complexity index is 391. The molecule has 1 unspecified atom stereocenters. The first-order chi connectivity index (χ1) is 7.83. The largest absolute Gasteiger partial charge is 0.446 e. The Balaban J connectivity index is 2.61. The van der Waals surface area contributed by atoms with Gasteiger partial charge in [0.2, 0.25) is 5.89 Å². The number of rotatable bonds is 4. The number of nitrogens with one attached hydrogen (secondary N) is 1. The maximum Gasteiger partial charge on any atom is 0.405 e. The second-order valence-corrected chi connectivity index (χ2v) is 3.16. The molecule has 4 N–H and O–H groups in total. The molecule has 6 nitrogen and oxygen atoms in total. The summed E-state index contributed by atoms with van der Waals surface area (Å²) in [6.45, 7) is -1.91. The van der Waals surface area contributed by atoms with Gasteiger partial charge >= 0.3 is 6.18 Å². The average molecular weight is 253 g/mol. The molecule has 0 bridgehead atoms. The van der Waals surface area contributed by atoms with E-state index in [1.807, 2.05) is 0 Å². The first-order valence-corrected chi connectivity index (χ1v) is 4.50. The summed E-state index contributed by atoms with van der Waals surface area (Å²) in [6, 6.07) is -0.917. The molecule has 1 heterocycles. The van der Waals surface area contributed by atoms with Crippen molar-refractivity contribution in [1.82, 2.24) is 10.3 Å². The summed E-state index contributed by atoms with van der Waals surface area (Å²) >= 11 is 0. The van der Waals surface area contributed by atoms with E-state index in [0.717, 1.165) is 6.26 Å². The summed E-state index contributed by atoms with van der Waals surface area (Å²) in [5, 5.41) is 10.3. The van der Waals surface area contributed by atoms with E-state index in [0.29, 0.717) is 0 Å². The molecule has 0 saturated heterocycles. The fraction of sp³-hybridized carbons (Fsp3) is 0.500. The van der Waals surface area contributed by atoms with E-state index in [1.165, 1.54) is 0 Å². The third-order valence-electron chi connectivity index (χ3n) is 1.72. The molecule has 0 aliphatic carbocycles. The van der Waals surface area contributed by atoms with E-state index in [-0.39, 0.29) is 11.6 Å². The Kier molecular flexibility index (Phi) is 4.07. The monoisotopic (exact) mass is 253 g/mol. The lowest BCUT2D eigenvalue weighted by atomic mass is 10.3. The highest BCUT2D eigenvalue weighted by Gasteiger charge is 2.28. The second kappa shape index (κ2) is 5.15. The topological polar surface area (TPSA) is 101 Å². The van der Waals surface area contributed by atoms with E-state index >= 15 is 0 Å². The molecule has 0 fully saturated rings. The van der Waals surface area contributed by atoms with Crippen molar-refractivity contribution in [1.29, 1.82) is 0 Å². The van der Waals surface area contributed by atoms with Crippen molar-refractivity contribution in [3.63, 3.8) is 0 Å². The minimum atomic E-state index is -4.50. The first-order valence-electron chi connectivity index (χ1n) is 4.50. The van der Waals surface area contributed by atoms with Crippen molar-refractivity contribution >= 4 is 5.91 Å². The number of aliphatic hydroxyl groups excluding tert-OH is 1. The lowest BCUT2D eigenvalue weighted by Crippen LogP contribution is -2.33. The molecule has 1 rings (SSSR count). The van der Waals surface area contributed by atoms with Gasteiger partial charge in [-0.3, -0.25) is 4.79 Å². The maximum absolute atomic E-state index is 11.8. The Morgan fingerprint density at radius 1 is 1.65 bits per heavy atom. The Morgan fingerprint density at radius 3 is 2.82 bits per heavy atom. The molecular formula is C8H10F3N3O3. The molecule has 1 aromatic heterocycles. The Morgan fingerprint density at radius 2 is 2.29 bits per heavy atom. The van der Waals surface area contributed by atoms with Gasteiger partial charge in [-0.15, -0.1) is 0 Å². The van der Waals surface area contributed by atoms with E-state index in [1.54, 1.807) is 5.32 Å². The lowest BCUT2D eigenvalue weighted by molar-refractivity contribution is -0.123. The van der Waals surface area contributed by atoms with Crippen LogP contribution in [0, 0.1) is 0 Å². The highest BCUT2D eigenvalue weighted by Crippen LogP contribution is 2.13. The number of nitrogens with zero attached hydrogens (tertiary/aromatic N) is 1. The summed E-state index contributed by atoms with van der Waals surface area (Å²) in [5.41, 5.74) is 5.01. The summed E-state index contributed by atoms with van der Waals surface area (Å²) in [6.07, 6.45) is -3.62. The van der Waals surface area contributed by atoms with Crippen molar-refractivity contribution in [3.05, 3.63) is 17.8 Å². The molecule has 1 amide bonds. The van der Waals surface area contributed by atoms with Gasteiger partial charge in [0, 0.05) is 0 Å². The van der Waals surface area contributed by atoms with Gasteiger partial charge in [0.05, 0.1) is 6.61 Å². The van der Waals surface area contributed by atoms with Crippen molar-refractivity contribution < 1.29 is 27.5 Å². The van der Waals surface area contributed by atoms with Crippen molar-refractivity contribution in [2.24, 2.45) is 5.73 Å². The number of hydrogen-bond donors (Lipinski definition) is 3. The highest BCUT2D eigenvalue weighted by atomic mass is 19.4. The van der Waals surface area contributed by atoms with Crippen LogP contribution in [0.15, 0.2) is 10.7 Å². The molecule has 0 spiro atoms. The minimum Gasteiger partial charge on any atom is -0.446 e. The predicted molar refractivity (Wildman–Crippen MR) is 48.9 cm³/mol. The minimum absolute atomic E-state index is 0.121. The van der Waals surface area contributed by atoms with Crippen LogP contribution in [0.4, 0.5) is 13.2 Å². The van der Waals surface area contributed by atoms with E-state index in [2.05, 4.69) is 4.98 Å². The van der Waals surface area contributed by atoms with E-state index in [4.69, 9.17) is 15.3 Å². The standard InChI is InChI=1S/C8H10F3N3O3/c9-8(10,11)3-13-6(16)5-2-17-7(14-5)4(12)1-15/h2,4,15H,1,3,12H2,(H,13,16). The number of oxazole rings is 1. The normalized spacial score (nSPS) is 13.5. The van der Waals surface area contributed by atoms with Crippen LogP contribution in [-0.4, -0.2) is 35.3 Å². The molecular weight excluding hydrogens is 243 g/mol. The molecule has 96 valence electrons. The van der Waals surface area contributed by atoms with Gasteiger partial charge in [-0.2, -0.15) is 13.2 Å². The number of hydrogen-bond acceptors (Lipinski definition) is 5. The summed E-state index contributed by atoms with van der Waals surface area (Å²) in [4.78, 5) is 14.7. The maximum atomic E-state index is 11.8. The zero-order chi connectivity index (χ0) is 13.1. The molecule has 0 aromatic carbocycles. The van der Waals surface area contributed by atoms with Gasteiger partial charge in [-0.05, 0) is 0 Å². The van der Waals surface area contributed by atoms with Crippen LogP contribution in [0.2, 0.25) is 0 Å². The second-order valence-electron chi connectivity index (χ2n) is 3.16. The first kappa shape index (κ1) is 13.5. The summed E-state index contributed by atoms with van der Waals surface area (Å²) in [7, 11) is 0. The quantitative estimate of drug-likeness (QED) is 0.698. The van der Waals surface area contributed by atoms with Crippen LogP contribution in [0.5, 0.6) is 0 Å². The Hall–Kier alpha value is -1.61. The average Bonchev–Trinajstić information content (AvgIpc) is 2.73. The number of amides is 1. The fourth-order valence-electron chi connectivity index (χ4n) is 0.911. The molecule has 0 saturated carbocycles. The van der Waals surface area contributed by atoms with Gasteiger partial charge in [0.15, 0.2) is 5.69 Å². The Labute approximate surface area is 93.6 Å². The van der Waals surface area contributed by atoms with E-state index < -0.39 is 31.3 Å². The molecule has 9 heteroatoms. The van der Waals surface area contributed by atoms with Crippen molar-refractivity contribution in [2.45, 2.75) is 12.2 Å². The summed E-state index contributed by atoms with van der Waals surface area (Å²) < 4.78 is 40.2. The van der Waals surface area contributed by atoms with Crippen LogP contribution in [0.3, 0.4) is 0 Å². The van der Waals surface area contributed by atoms with Crippen LogP contribution in [0.25, 0.3) is 0 Å². The van der Waals surface area contributed by atoms with Gasteiger partial charge in [0.1, 0.15) is 18.8 Å². The molecule has 0 radical (unpaired) electrons. The number of aromatic nitrogens is 1. The molecule has 1 aromatic rings. The molecule has 1 atom stereocenters. The van der Waals surface area contributed by atoms with Crippen molar-refractivity contribution in [3.8, 4) is 0 Å². The van der Waals surface area contributed by atoms with Crippen LogP contribution in [0.1, 0.15) is 22.4 Å². The van der Waals surface area contributed by atoms with Gasteiger partial charge in [0.25, 0.3) is 5.91 Å². The van der Waals surface area contributed by atoms with Crippen LogP contribution in [-0.2, 0) is 0 Å². The molecule has 0 aliphatic rings. The zero-order valence-electron chi connectivity index (χ0n) is 8.49. The SMILES string of the molecule is NC(CO)c1nc(C(=O)NCC(F)(F)F)co1. The van der Waals surface area contributed by atoms with Crippen molar-refractivity contribution in [2.75, 3.05) is 13.2 Å². The zero-order valence-corrected chi connectivity index (χ0v) is 8.49. The smallest absolute Gasteiger partial charge is 0.405 e. The highest BCUT2D eigenvalue weighted by molar-refractivity contribution is 5.91. The lowest BCUT2D eigenvalue weighted by Gasteiger charge is -2.06. The van der Waals surface area contributed by atoms with Crippen LogP contribution < -0.4 is 11.1 Å². The number of aliphatic hydroxyl groups is 1. The van der Waals surface area contributed by atoms with Crippen LogP contribution >= 0.6 is 0 Å². The number of carbonyl (C=O) groups excluding carboxylic acids is 1. The van der Waals surface area contributed by atoms with Gasteiger partial charge < -0.3 is 20.6 Å². The number of halogens is 3. The number of carbonyl (C=O) groups is 1. The van der Waals surface area contributed by atoms with Gasteiger partial charge in [-0.1, -0.05) is 0 Å². The third-order valence-corrected chi connectivity index (χ3v) is 1.72. The number of alkyl halides is 3. The summed E-state index contributed by atoms with van der Waals surface area (Å²) in [5.74, 6) is -1.15. The fourth-order valence-corrected chi connectivity index (χ4v) is 0.911. The number of nitrogens with two attached hydrogens (primary N) is 1. The molecule has 17 heavy (non-hydrogen) atoms.